The standard InChI is InChI=1S/C14H22O/c1-10-5-4-8-14(3)12(10)6-7-13(14)11(2)9-15/h9,11-13H,1,4-8H2,2-3H3/t11-,12?,13-,14+/m1/s1. The first-order chi connectivity index (χ1) is 7.09. The molecule has 0 heterocycles. The normalized spacial score (nSPS) is 42.4. The van der Waals surface area contributed by atoms with E-state index in [9.17, 15) is 4.79 Å². The van der Waals surface area contributed by atoms with Gasteiger partial charge in [-0.2, -0.15) is 0 Å². The van der Waals surface area contributed by atoms with Gasteiger partial charge in [0.1, 0.15) is 6.29 Å². The lowest BCUT2D eigenvalue weighted by molar-refractivity contribution is -0.113. The average molecular weight is 206 g/mol. The summed E-state index contributed by atoms with van der Waals surface area (Å²) in [5.41, 5.74) is 1.82. The molecule has 2 aliphatic rings. The number of hydrogen-bond donors (Lipinski definition) is 0. The molecular formula is C14H22O. The second-order valence-corrected chi connectivity index (χ2v) is 5.75. The molecule has 84 valence electrons. The fourth-order valence-electron chi connectivity index (χ4n) is 4.12. The van der Waals surface area contributed by atoms with Gasteiger partial charge in [-0.05, 0) is 49.4 Å². The van der Waals surface area contributed by atoms with Crippen LogP contribution in [0.4, 0.5) is 0 Å². The summed E-state index contributed by atoms with van der Waals surface area (Å²) >= 11 is 0. The first-order valence-electron chi connectivity index (χ1n) is 6.22. The number of aldehydes is 1. The lowest BCUT2D eigenvalue weighted by Gasteiger charge is -2.43. The van der Waals surface area contributed by atoms with Crippen LogP contribution in [0.25, 0.3) is 0 Å². The summed E-state index contributed by atoms with van der Waals surface area (Å²) in [6.07, 6.45) is 7.41. The average Bonchev–Trinajstić information content (AvgIpc) is 2.56. The minimum atomic E-state index is 0.228. The zero-order valence-electron chi connectivity index (χ0n) is 9.96. The number of fused-ring (bicyclic) bond motifs is 1. The molecule has 0 aromatic carbocycles. The van der Waals surface area contributed by atoms with E-state index in [4.69, 9.17) is 0 Å². The van der Waals surface area contributed by atoms with E-state index < -0.39 is 0 Å². The molecule has 1 heteroatoms. The summed E-state index contributed by atoms with van der Waals surface area (Å²) in [5, 5.41) is 0. The van der Waals surface area contributed by atoms with E-state index in [-0.39, 0.29) is 5.92 Å². The van der Waals surface area contributed by atoms with E-state index in [1.807, 2.05) is 0 Å². The Morgan fingerprint density at radius 1 is 1.53 bits per heavy atom. The molecule has 0 aromatic rings. The van der Waals surface area contributed by atoms with Crippen LogP contribution >= 0.6 is 0 Å². The fraction of sp³-hybridized carbons (Fsp3) is 0.786. The molecule has 0 N–H and O–H groups in total. The smallest absolute Gasteiger partial charge is 0.123 e. The first kappa shape index (κ1) is 10.9. The van der Waals surface area contributed by atoms with Crippen molar-refractivity contribution in [3.63, 3.8) is 0 Å². The van der Waals surface area contributed by atoms with Gasteiger partial charge in [-0.25, -0.2) is 0 Å². The summed E-state index contributed by atoms with van der Waals surface area (Å²) in [7, 11) is 0. The fourth-order valence-corrected chi connectivity index (χ4v) is 4.12. The maximum absolute atomic E-state index is 11.0. The molecule has 0 bridgehead atoms. The van der Waals surface area contributed by atoms with E-state index in [1.165, 1.54) is 37.7 Å². The highest BCUT2D eigenvalue weighted by Gasteiger charge is 2.50. The molecule has 0 saturated heterocycles. The lowest BCUT2D eigenvalue weighted by Crippen LogP contribution is -2.36. The predicted molar refractivity (Wildman–Crippen MR) is 62.5 cm³/mol. The molecule has 0 aromatic heterocycles. The second kappa shape index (κ2) is 3.77. The summed E-state index contributed by atoms with van der Waals surface area (Å²) in [4.78, 5) is 11.0. The number of carbonyl (C=O) groups is 1. The zero-order valence-corrected chi connectivity index (χ0v) is 9.96. The minimum absolute atomic E-state index is 0.228. The van der Waals surface area contributed by atoms with E-state index in [2.05, 4.69) is 20.4 Å². The van der Waals surface area contributed by atoms with Crippen molar-refractivity contribution < 1.29 is 4.79 Å². The zero-order chi connectivity index (χ0) is 11.1. The van der Waals surface area contributed by atoms with Gasteiger partial charge in [0.2, 0.25) is 0 Å². The van der Waals surface area contributed by atoms with Crippen molar-refractivity contribution in [2.45, 2.75) is 46.0 Å². The van der Waals surface area contributed by atoms with Crippen molar-refractivity contribution >= 4 is 6.29 Å². The van der Waals surface area contributed by atoms with Gasteiger partial charge in [0.25, 0.3) is 0 Å². The number of rotatable bonds is 2. The van der Waals surface area contributed by atoms with Crippen LogP contribution in [0.2, 0.25) is 0 Å². The highest BCUT2D eigenvalue weighted by molar-refractivity contribution is 5.54. The SMILES string of the molecule is C=C1CCC[C@@]2(C)C1CC[C@@H]2[C@H](C)C=O. The quantitative estimate of drug-likeness (QED) is 0.498. The van der Waals surface area contributed by atoms with Crippen LogP contribution in [0, 0.1) is 23.2 Å². The molecular weight excluding hydrogens is 184 g/mol. The van der Waals surface area contributed by atoms with E-state index >= 15 is 0 Å². The number of carbonyl (C=O) groups excluding carboxylic acids is 1. The molecule has 1 nitrogen and oxygen atoms in total. The van der Waals surface area contributed by atoms with E-state index in [0.717, 1.165) is 6.29 Å². The molecule has 2 fully saturated rings. The van der Waals surface area contributed by atoms with Crippen molar-refractivity contribution in [1.29, 1.82) is 0 Å². The Labute approximate surface area is 92.9 Å². The van der Waals surface area contributed by atoms with Crippen LogP contribution in [0.5, 0.6) is 0 Å². The van der Waals surface area contributed by atoms with Gasteiger partial charge in [-0.15, -0.1) is 0 Å². The number of allylic oxidation sites excluding steroid dienone is 1. The Morgan fingerprint density at radius 2 is 2.27 bits per heavy atom. The van der Waals surface area contributed by atoms with Crippen LogP contribution in [0.3, 0.4) is 0 Å². The second-order valence-electron chi connectivity index (χ2n) is 5.75. The third-order valence-electron chi connectivity index (χ3n) is 4.96. The summed E-state index contributed by atoms with van der Waals surface area (Å²) < 4.78 is 0. The molecule has 2 rings (SSSR count). The van der Waals surface area contributed by atoms with Gasteiger partial charge >= 0.3 is 0 Å². The number of hydrogen-bond acceptors (Lipinski definition) is 1. The predicted octanol–water partition coefficient (Wildman–Crippen LogP) is 3.59. The summed E-state index contributed by atoms with van der Waals surface area (Å²) in [6, 6.07) is 0. The molecule has 2 saturated carbocycles. The topological polar surface area (TPSA) is 17.1 Å². The largest absolute Gasteiger partial charge is 0.303 e. The van der Waals surface area contributed by atoms with Gasteiger partial charge in [-0.3, -0.25) is 0 Å². The van der Waals surface area contributed by atoms with Gasteiger partial charge < -0.3 is 4.79 Å². The molecule has 0 radical (unpaired) electrons. The monoisotopic (exact) mass is 206 g/mol. The molecule has 2 aliphatic carbocycles. The third-order valence-corrected chi connectivity index (χ3v) is 4.96. The Kier molecular flexibility index (Phi) is 2.74. The molecule has 1 unspecified atom stereocenters. The molecule has 15 heavy (non-hydrogen) atoms. The van der Waals surface area contributed by atoms with Gasteiger partial charge in [0.05, 0.1) is 0 Å². The van der Waals surface area contributed by atoms with Crippen LogP contribution < -0.4 is 0 Å². The Hall–Kier alpha value is -0.590. The molecule has 0 amide bonds. The Bertz CT molecular complexity index is 281. The summed E-state index contributed by atoms with van der Waals surface area (Å²) in [6.45, 7) is 8.71. The van der Waals surface area contributed by atoms with E-state index in [0.29, 0.717) is 17.3 Å². The Morgan fingerprint density at radius 3 is 2.93 bits per heavy atom. The lowest BCUT2D eigenvalue weighted by atomic mass is 9.61. The van der Waals surface area contributed by atoms with Crippen LogP contribution in [-0.4, -0.2) is 6.29 Å². The minimum Gasteiger partial charge on any atom is -0.303 e. The highest BCUT2D eigenvalue weighted by Crippen LogP contribution is 2.58. The van der Waals surface area contributed by atoms with Gasteiger partial charge in [0, 0.05) is 5.92 Å². The van der Waals surface area contributed by atoms with Crippen molar-refractivity contribution in [1.82, 2.24) is 0 Å². The van der Waals surface area contributed by atoms with E-state index in [1.54, 1.807) is 0 Å². The van der Waals surface area contributed by atoms with Crippen molar-refractivity contribution in [2.75, 3.05) is 0 Å². The highest BCUT2D eigenvalue weighted by atomic mass is 16.1. The summed E-state index contributed by atoms with van der Waals surface area (Å²) in [5.74, 6) is 1.52. The maximum atomic E-state index is 11.0. The molecule has 0 aliphatic heterocycles. The van der Waals surface area contributed by atoms with Crippen molar-refractivity contribution in [3.8, 4) is 0 Å². The van der Waals surface area contributed by atoms with Crippen LogP contribution in [0.1, 0.15) is 46.0 Å². The first-order valence-corrected chi connectivity index (χ1v) is 6.22. The third kappa shape index (κ3) is 1.56. The van der Waals surface area contributed by atoms with Crippen molar-refractivity contribution in [3.05, 3.63) is 12.2 Å². The van der Waals surface area contributed by atoms with Gasteiger partial charge in [-0.1, -0.05) is 26.0 Å². The van der Waals surface area contributed by atoms with Crippen LogP contribution in [-0.2, 0) is 4.79 Å². The van der Waals surface area contributed by atoms with Gasteiger partial charge in [0.15, 0.2) is 0 Å². The maximum Gasteiger partial charge on any atom is 0.123 e. The molecule has 4 atom stereocenters. The Balaban J connectivity index is 2.24. The van der Waals surface area contributed by atoms with Crippen LogP contribution in [0.15, 0.2) is 12.2 Å². The molecule has 0 spiro atoms. The van der Waals surface area contributed by atoms with Crippen molar-refractivity contribution in [2.24, 2.45) is 23.2 Å².